The SMILES string of the molecule is Nc1c(F)cc(N(F)C(=O)OCC2c3ccccc3-c3ccccc32)c(F)c1F. The van der Waals surface area contributed by atoms with Gasteiger partial charge in [-0.05, 0) is 22.3 Å². The van der Waals surface area contributed by atoms with Crippen LogP contribution in [-0.4, -0.2) is 12.7 Å². The molecule has 0 saturated carbocycles. The van der Waals surface area contributed by atoms with Gasteiger partial charge in [0.2, 0.25) is 0 Å². The van der Waals surface area contributed by atoms with Crippen LogP contribution in [0.25, 0.3) is 11.1 Å². The van der Waals surface area contributed by atoms with Crippen molar-refractivity contribution in [2.75, 3.05) is 17.5 Å². The number of halogens is 4. The Hall–Kier alpha value is -3.55. The maximum absolute atomic E-state index is 14.3. The van der Waals surface area contributed by atoms with Crippen molar-refractivity contribution in [2.24, 2.45) is 0 Å². The van der Waals surface area contributed by atoms with E-state index in [-0.39, 0.29) is 18.6 Å². The Bertz CT molecular complexity index is 1070. The molecule has 29 heavy (non-hydrogen) atoms. The molecule has 0 radical (unpaired) electrons. The quantitative estimate of drug-likeness (QED) is 0.279. The van der Waals surface area contributed by atoms with Gasteiger partial charge >= 0.3 is 6.09 Å². The topological polar surface area (TPSA) is 55.6 Å². The molecule has 0 saturated heterocycles. The van der Waals surface area contributed by atoms with Crippen LogP contribution in [0.1, 0.15) is 17.0 Å². The second kappa shape index (κ2) is 7.12. The van der Waals surface area contributed by atoms with Gasteiger partial charge < -0.3 is 10.5 Å². The molecule has 0 spiro atoms. The van der Waals surface area contributed by atoms with Crippen molar-refractivity contribution in [3.8, 4) is 11.1 Å². The van der Waals surface area contributed by atoms with Gasteiger partial charge in [-0.3, -0.25) is 0 Å². The third kappa shape index (κ3) is 3.06. The lowest BCUT2D eigenvalue weighted by Gasteiger charge is -2.17. The summed E-state index contributed by atoms with van der Waals surface area (Å²) in [6.45, 7) is -0.241. The van der Waals surface area contributed by atoms with E-state index in [1.54, 1.807) is 0 Å². The first-order valence-corrected chi connectivity index (χ1v) is 8.64. The fourth-order valence-electron chi connectivity index (χ4n) is 3.49. The molecule has 148 valence electrons. The van der Waals surface area contributed by atoms with E-state index in [1.165, 1.54) is 0 Å². The van der Waals surface area contributed by atoms with Gasteiger partial charge in [-0.2, -0.15) is 0 Å². The van der Waals surface area contributed by atoms with E-state index >= 15 is 0 Å². The molecule has 1 aliphatic rings. The van der Waals surface area contributed by atoms with Gasteiger partial charge in [0.15, 0.2) is 17.5 Å². The van der Waals surface area contributed by atoms with Crippen molar-refractivity contribution in [3.63, 3.8) is 0 Å². The highest BCUT2D eigenvalue weighted by Gasteiger charge is 2.31. The molecule has 1 amide bonds. The Balaban J connectivity index is 1.57. The molecule has 2 N–H and O–H groups in total. The number of rotatable bonds is 3. The average molecular weight is 402 g/mol. The molecule has 0 aromatic heterocycles. The number of fused-ring (bicyclic) bond motifs is 3. The number of nitrogens with two attached hydrogens (primary N) is 1. The van der Waals surface area contributed by atoms with Crippen molar-refractivity contribution in [1.29, 1.82) is 0 Å². The molecule has 0 fully saturated rings. The lowest BCUT2D eigenvalue weighted by molar-refractivity contribution is 0.136. The molecule has 1 aliphatic carbocycles. The zero-order chi connectivity index (χ0) is 20.7. The van der Waals surface area contributed by atoms with E-state index in [0.717, 1.165) is 22.3 Å². The highest BCUT2D eigenvalue weighted by atomic mass is 19.2. The minimum absolute atomic E-state index is 0.241. The number of carbonyl (C=O) groups is 1. The summed E-state index contributed by atoms with van der Waals surface area (Å²) < 4.78 is 60.2. The number of nitrogens with zero attached hydrogens (tertiary/aromatic N) is 1. The Morgan fingerprint density at radius 1 is 0.966 bits per heavy atom. The fourth-order valence-corrected chi connectivity index (χ4v) is 3.49. The van der Waals surface area contributed by atoms with Gasteiger partial charge in [-0.25, -0.2) is 18.0 Å². The number of ether oxygens (including phenoxy) is 1. The number of benzene rings is 3. The maximum Gasteiger partial charge on any atom is 0.443 e. The van der Waals surface area contributed by atoms with E-state index in [2.05, 4.69) is 0 Å². The second-order valence-corrected chi connectivity index (χ2v) is 6.50. The smallest absolute Gasteiger partial charge is 0.443 e. The van der Waals surface area contributed by atoms with Crippen molar-refractivity contribution in [3.05, 3.63) is 83.2 Å². The Morgan fingerprint density at radius 2 is 1.52 bits per heavy atom. The van der Waals surface area contributed by atoms with Crippen LogP contribution in [-0.2, 0) is 4.74 Å². The van der Waals surface area contributed by atoms with Gasteiger partial charge in [-0.15, -0.1) is 5.12 Å². The number of carbonyl (C=O) groups excluding carboxylic acids is 1. The molecule has 0 heterocycles. The normalized spacial score (nSPS) is 12.4. The second-order valence-electron chi connectivity index (χ2n) is 6.50. The largest absolute Gasteiger partial charge is 0.446 e. The molecule has 0 aliphatic heterocycles. The Morgan fingerprint density at radius 3 is 2.10 bits per heavy atom. The predicted octanol–water partition coefficient (Wildman–Crippen LogP) is 5.33. The van der Waals surface area contributed by atoms with Gasteiger partial charge in [0, 0.05) is 12.0 Å². The highest BCUT2D eigenvalue weighted by molar-refractivity contribution is 5.86. The summed E-state index contributed by atoms with van der Waals surface area (Å²) >= 11 is 0. The third-order valence-corrected chi connectivity index (χ3v) is 4.88. The van der Waals surface area contributed by atoms with Gasteiger partial charge in [0.25, 0.3) is 0 Å². The first-order valence-electron chi connectivity index (χ1n) is 8.64. The van der Waals surface area contributed by atoms with Crippen molar-refractivity contribution in [2.45, 2.75) is 5.92 Å². The molecule has 4 rings (SSSR count). The van der Waals surface area contributed by atoms with Crippen molar-refractivity contribution >= 4 is 17.5 Å². The molecule has 4 nitrogen and oxygen atoms in total. The van der Waals surface area contributed by atoms with E-state index in [4.69, 9.17) is 10.5 Å². The molecule has 0 unspecified atom stereocenters. The predicted molar refractivity (Wildman–Crippen MR) is 99.4 cm³/mol. The number of amides is 1. The molecule has 8 heteroatoms. The van der Waals surface area contributed by atoms with Crippen LogP contribution < -0.4 is 10.9 Å². The van der Waals surface area contributed by atoms with Crippen LogP contribution in [0.3, 0.4) is 0 Å². The van der Waals surface area contributed by atoms with Crippen molar-refractivity contribution < 1.29 is 27.2 Å². The van der Waals surface area contributed by atoms with Crippen LogP contribution >= 0.6 is 0 Å². The van der Waals surface area contributed by atoms with E-state index in [1.807, 2.05) is 48.5 Å². The van der Waals surface area contributed by atoms with E-state index < -0.39 is 40.0 Å². The Kier molecular flexibility index (Phi) is 4.62. The Labute approximate surface area is 163 Å². The minimum atomic E-state index is -1.79. The summed E-state index contributed by atoms with van der Waals surface area (Å²) in [6.07, 6.45) is -1.60. The first kappa shape index (κ1) is 18.8. The summed E-state index contributed by atoms with van der Waals surface area (Å²) in [5.41, 5.74) is 6.37. The van der Waals surface area contributed by atoms with Gasteiger partial charge in [0.1, 0.15) is 18.0 Å². The minimum Gasteiger partial charge on any atom is -0.446 e. The fraction of sp³-hybridized carbons (Fsp3) is 0.0952. The van der Waals surface area contributed by atoms with Crippen LogP contribution in [0.4, 0.5) is 33.8 Å². The summed E-state index contributed by atoms with van der Waals surface area (Å²) in [4.78, 5) is 12.1. The number of anilines is 2. The van der Waals surface area contributed by atoms with Crippen LogP contribution in [0.2, 0.25) is 0 Å². The summed E-state index contributed by atoms with van der Waals surface area (Å²) in [7, 11) is 0. The zero-order valence-electron chi connectivity index (χ0n) is 14.8. The van der Waals surface area contributed by atoms with Gasteiger partial charge in [-0.1, -0.05) is 53.0 Å². The number of hydrogen-bond acceptors (Lipinski definition) is 3. The highest BCUT2D eigenvalue weighted by Crippen LogP contribution is 2.44. The summed E-state index contributed by atoms with van der Waals surface area (Å²) in [5, 5.41) is -0.784. The summed E-state index contributed by atoms with van der Waals surface area (Å²) in [5.74, 6) is -5.33. The lowest BCUT2D eigenvalue weighted by Crippen LogP contribution is -2.26. The monoisotopic (exact) mass is 402 g/mol. The lowest BCUT2D eigenvalue weighted by atomic mass is 9.98. The average Bonchev–Trinajstić information content (AvgIpc) is 3.06. The van der Waals surface area contributed by atoms with Crippen molar-refractivity contribution in [1.82, 2.24) is 0 Å². The summed E-state index contributed by atoms with van der Waals surface area (Å²) in [6, 6.07) is 15.3. The van der Waals surface area contributed by atoms with Crippen LogP contribution in [0.15, 0.2) is 54.6 Å². The molecular weight excluding hydrogens is 388 g/mol. The zero-order valence-corrected chi connectivity index (χ0v) is 14.8. The van der Waals surface area contributed by atoms with E-state index in [0.29, 0.717) is 0 Å². The standard InChI is InChI=1S/C21H14F4N2O2/c22-16-9-17(18(23)19(24)20(16)26)27(25)21(28)29-10-15-13-7-3-1-5-11(13)12-6-2-4-8-14(12)15/h1-9,15H,10,26H2. The van der Waals surface area contributed by atoms with E-state index in [9.17, 15) is 22.4 Å². The maximum atomic E-state index is 14.3. The third-order valence-electron chi connectivity index (χ3n) is 4.88. The first-order chi connectivity index (χ1) is 13.9. The number of nitrogen functional groups attached to an aromatic ring is 1. The molecular formula is C21H14F4N2O2. The van der Waals surface area contributed by atoms with Crippen LogP contribution in [0, 0.1) is 17.5 Å². The molecule has 0 atom stereocenters. The van der Waals surface area contributed by atoms with Crippen LogP contribution in [0.5, 0.6) is 0 Å². The molecule has 0 bridgehead atoms. The van der Waals surface area contributed by atoms with Gasteiger partial charge in [0.05, 0.1) is 0 Å². The molecule has 3 aromatic carbocycles. The molecule has 3 aromatic rings. The number of hydrogen-bond donors (Lipinski definition) is 1.